The number of amides is 1. The highest BCUT2D eigenvalue weighted by molar-refractivity contribution is 8.13. The molecule has 0 saturated carbocycles. The first-order valence-electron chi connectivity index (χ1n) is 5.25. The standard InChI is InChI=1S/C12H11N3O2S/c1-8-7-10(16)15-11(13-8)18-12(17)14-9-5-3-2-4-6-9/h2-7H,1H3,(H,14,17)(H,13,15,16). The van der Waals surface area contributed by atoms with E-state index < -0.39 is 0 Å². The molecule has 6 heteroatoms. The Kier molecular flexibility index (Phi) is 3.78. The second kappa shape index (κ2) is 5.50. The van der Waals surface area contributed by atoms with Crippen molar-refractivity contribution in [1.82, 2.24) is 9.97 Å². The number of nitrogens with one attached hydrogen (secondary N) is 2. The molecular formula is C12H11N3O2S. The number of para-hydroxylation sites is 1. The molecule has 18 heavy (non-hydrogen) atoms. The largest absolute Gasteiger partial charge is 0.316 e. The Balaban J connectivity index is 2.05. The van der Waals surface area contributed by atoms with E-state index >= 15 is 0 Å². The number of aromatic nitrogens is 2. The molecule has 0 aliphatic heterocycles. The van der Waals surface area contributed by atoms with Gasteiger partial charge in [-0.2, -0.15) is 0 Å². The van der Waals surface area contributed by atoms with Crippen LogP contribution in [-0.2, 0) is 0 Å². The number of carbonyl (C=O) groups is 1. The first-order chi connectivity index (χ1) is 8.63. The second-order valence-corrected chi connectivity index (χ2v) is 4.53. The lowest BCUT2D eigenvalue weighted by Crippen LogP contribution is -2.11. The van der Waals surface area contributed by atoms with Crippen molar-refractivity contribution in [3.63, 3.8) is 0 Å². The number of aryl methyl sites for hydroxylation is 1. The number of nitrogens with zero attached hydrogens (tertiary/aromatic N) is 1. The minimum atomic E-state index is -0.296. The predicted molar refractivity (Wildman–Crippen MR) is 70.9 cm³/mol. The molecule has 1 heterocycles. The van der Waals surface area contributed by atoms with Gasteiger partial charge in [0.1, 0.15) is 0 Å². The molecule has 0 bridgehead atoms. The number of benzene rings is 1. The summed E-state index contributed by atoms with van der Waals surface area (Å²) in [6.45, 7) is 1.70. The van der Waals surface area contributed by atoms with Crippen LogP contribution in [0.4, 0.5) is 10.5 Å². The molecule has 2 rings (SSSR count). The average molecular weight is 261 g/mol. The van der Waals surface area contributed by atoms with Gasteiger partial charge in [0.25, 0.3) is 10.8 Å². The molecule has 1 aromatic carbocycles. The van der Waals surface area contributed by atoms with E-state index in [1.54, 1.807) is 19.1 Å². The van der Waals surface area contributed by atoms with Crippen molar-refractivity contribution in [3.8, 4) is 0 Å². The van der Waals surface area contributed by atoms with Crippen LogP contribution in [0.2, 0.25) is 0 Å². The van der Waals surface area contributed by atoms with Gasteiger partial charge in [-0.3, -0.25) is 9.59 Å². The van der Waals surface area contributed by atoms with Gasteiger partial charge < -0.3 is 10.3 Å². The lowest BCUT2D eigenvalue weighted by molar-refractivity contribution is 0.269. The summed E-state index contributed by atoms with van der Waals surface area (Å²) in [6, 6.07) is 10.5. The first kappa shape index (κ1) is 12.4. The van der Waals surface area contributed by atoms with Crippen LogP contribution in [0, 0.1) is 6.92 Å². The molecule has 5 nitrogen and oxygen atoms in total. The monoisotopic (exact) mass is 261 g/mol. The van der Waals surface area contributed by atoms with Crippen LogP contribution in [0.1, 0.15) is 5.69 Å². The number of carbonyl (C=O) groups excluding carboxylic acids is 1. The fourth-order valence-electron chi connectivity index (χ4n) is 1.35. The quantitative estimate of drug-likeness (QED) is 0.643. The number of hydrogen-bond acceptors (Lipinski definition) is 4. The molecule has 0 atom stereocenters. The van der Waals surface area contributed by atoms with Crippen molar-refractivity contribution < 1.29 is 4.79 Å². The molecule has 0 unspecified atom stereocenters. The van der Waals surface area contributed by atoms with Crippen molar-refractivity contribution in [2.45, 2.75) is 12.1 Å². The Morgan fingerprint density at radius 3 is 2.72 bits per heavy atom. The zero-order valence-corrected chi connectivity index (χ0v) is 10.5. The van der Waals surface area contributed by atoms with Gasteiger partial charge in [0, 0.05) is 29.2 Å². The maximum absolute atomic E-state index is 11.7. The van der Waals surface area contributed by atoms with Crippen LogP contribution in [0.3, 0.4) is 0 Å². The summed E-state index contributed by atoms with van der Waals surface area (Å²) in [5.74, 6) is 0. The third kappa shape index (κ3) is 3.46. The van der Waals surface area contributed by atoms with E-state index in [-0.39, 0.29) is 16.0 Å². The van der Waals surface area contributed by atoms with Crippen molar-refractivity contribution in [2.24, 2.45) is 0 Å². The van der Waals surface area contributed by atoms with E-state index in [0.717, 1.165) is 11.8 Å². The first-order valence-corrected chi connectivity index (χ1v) is 6.07. The van der Waals surface area contributed by atoms with Gasteiger partial charge in [-0.25, -0.2) is 4.98 Å². The Hall–Kier alpha value is -2.08. The summed E-state index contributed by atoms with van der Waals surface area (Å²) in [5, 5.41) is 2.68. The lowest BCUT2D eigenvalue weighted by Gasteiger charge is -2.03. The number of thioether (sulfide) groups is 1. The molecule has 0 fully saturated rings. The summed E-state index contributed by atoms with van der Waals surface area (Å²) in [6.07, 6.45) is 0. The van der Waals surface area contributed by atoms with E-state index in [1.165, 1.54) is 6.07 Å². The smallest absolute Gasteiger partial charge is 0.291 e. The highest BCUT2D eigenvalue weighted by atomic mass is 32.2. The lowest BCUT2D eigenvalue weighted by atomic mass is 10.3. The number of hydrogen-bond donors (Lipinski definition) is 2. The van der Waals surface area contributed by atoms with Crippen LogP contribution in [0.5, 0.6) is 0 Å². The highest BCUT2D eigenvalue weighted by Crippen LogP contribution is 2.16. The number of rotatable bonds is 2. The predicted octanol–water partition coefficient (Wildman–Crippen LogP) is 2.40. The maximum atomic E-state index is 11.7. The van der Waals surface area contributed by atoms with E-state index in [4.69, 9.17) is 0 Å². The van der Waals surface area contributed by atoms with Gasteiger partial charge in [-0.15, -0.1) is 0 Å². The topological polar surface area (TPSA) is 74.8 Å². The Labute approximate surface area is 108 Å². The van der Waals surface area contributed by atoms with Crippen molar-refractivity contribution >= 4 is 22.7 Å². The zero-order valence-electron chi connectivity index (χ0n) is 9.64. The summed E-state index contributed by atoms with van der Waals surface area (Å²) in [5.41, 5.74) is 1.01. The van der Waals surface area contributed by atoms with Gasteiger partial charge >= 0.3 is 0 Å². The van der Waals surface area contributed by atoms with E-state index in [2.05, 4.69) is 15.3 Å². The van der Waals surface area contributed by atoms with E-state index in [1.807, 2.05) is 18.2 Å². The van der Waals surface area contributed by atoms with Gasteiger partial charge in [0.15, 0.2) is 5.16 Å². The van der Waals surface area contributed by atoms with Crippen LogP contribution < -0.4 is 10.9 Å². The fourth-order valence-corrected chi connectivity index (χ4v) is 2.04. The minimum Gasteiger partial charge on any atom is -0.316 e. The normalized spacial score (nSPS) is 10.1. The SMILES string of the molecule is Cc1cc(=O)[nH]c(SC(=O)Nc2ccccc2)n1. The molecule has 0 aliphatic rings. The Bertz CT molecular complexity index is 610. The molecule has 92 valence electrons. The minimum absolute atomic E-state index is 0.266. The van der Waals surface area contributed by atoms with Gasteiger partial charge in [-0.05, 0) is 19.1 Å². The van der Waals surface area contributed by atoms with Crippen LogP contribution in [0.15, 0.2) is 46.3 Å². The fraction of sp³-hybridized carbons (Fsp3) is 0.0833. The molecular weight excluding hydrogens is 250 g/mol. The van der Waals surface area contributed by atoms with Crippen LogP contribution in [0.25, 0.3) is 0 Å². The van der Waals surface area contributed by atoms with Crippen molar-refractivity contribution in [3.05, 3.63) is 52.4 Å². The molecule has 1 amide bonds. The highest BCUT2D eigenvalue weighted by Gasteiger charge is 2.07. The molecule has 0 radical (unpaired) electrons. The van der Waals surface area contributed by atoms with Crippen LogP contribution in [-0.4, -0.2) is 15.2 Å². The van der Waals surface area contributed by atoms with Crippen molar-refractivity contribution in [2.75, 3.05) is 5.32 Å². The average Bonchev–Trinajstić information content (AvgIpc) is 2.28. The number of aromatic amines is 1. The van der Waals surface area contributed by atoms with Crippen molar-refractivity contribution in [1.29, 1.82) is 0 Å². The summed E-state index contributed by atoms with van der Waals surface area (Å²) in [4.78, 5) is 29.5. The zero-order chi connectivity index (χ0) is 13.0. The van der Waals surface area contributed by atoms with Crippen LogP contribution >= 0.6 is 11.8 Å². The van der Waals surface area contributed by atoms with Gasteiger partial charge in [0.2, 0.25) is 0 Å². The van der Waals surface area contributed by atoms with Gasteiger partial charge in [-0.1, -0.05) is 18.2 Å². The molecule has 2 aromatic rings. The third-order valence-electron chi connectivity index (χ3n) is 2.06. The molecule has 0 saturated heterocycles. The summed E-state index contributed by atoms with van der Waals surface area (Å²) < 4.78 is 0. The van der Waals surface area contributed by atoms with E-state index in [0.29, 0.717) is 11.4 Å². The Morgan fingerprint density at radius 1 is 1.33 bits per heavy atom. The molecule has 0 spiro atoms. The maximum Gasteiger partial charge on any atom is 0.291 e. The molecule has 1 aromatic heterocycles. The molecule has 0 aliphatic carbocycles. The van der Waals surface area contributed by atoms with E-state index in [9.17, 15) is 9.59 Å². The molecule has 2 N–H and O–H groups in total. The summed E-state index contributed by atoms with van der Waals surface area (Å²) in [7, 11) is 0. The summed E-state index contributed by atoms with van der Waals surface area (Å²) >= 11 is 0.850. The number of anilines is 1. The Morgan fingerprint density at radius 2 is 2.06 bits per heavy atom. The third-order valence-corrected chi connectivity index (χ3v) is 2.73. The second-order valence-electron chi connectivity index (χ2n) is 3.57. The number of H-pyrrole nitrogens is 1. The van der Waals surface area contributed by atoms with Gasteiger partial charge in [0.05, 0.1) is 0 Å².